The van der Waals surface area contributed by atoms with E-state index in [0.717, 1.165) is 0 Å². The summed E-state index contributed by atoms with van der Waals surface area (Å²) in [5.74, 6) is -17.6. The first-order valence-corrected chi connectivity index (χ1v) is 2.36. The number of rotatable bonds is 3. The summed E-state index contributed by atoms with van der Waals surface area (Å²) < 4.78 is 47.4. The van der Waals surface area contributed by atoms with Gasteiger partial charge in [-0.3, -0.25) is 0 Å². The maximum Gasteiger partial charge on any atom is 0.415 e. The third kappa shape index (κ3) is 2.05. The van der Waals surface area contributed by atoms with Crippen LogP contribution in [0.25, 0.3) is 0 Å². The maximum atomic E-state index is 11.8. The number of halogens is 4. The minimum atomic E-state index is -5.60. The van der Waals surface area contributed by atoms with Gasteiger partial charge in [0.1, 0.15) is 0 Å². The van der Waals surface area contributed by atoms with E-state index in [2.05, 4.69) is 0 Å². The number of carbonyl (C=O) groups is 2. The van der Waals surface area contributed by atoms with Crippen molar-refractivity contribution in [1.29, 1.82) is 0 Å². The molecule has 0 heterocycles. The Morgan fingerprint density at radius 2 is 1.00 bits per heavy atom. The van der Waals surface area contributed by atoms with Gasteiger partial charge in [-0.2, -0.15) is 17.6 Å². The van der Waals surface area contributed by atoms with E-state index >= 15 is 0 Å². The molecular weight excluding hydrogens is 202 g/mol. The zero-order chi connectivity index (χ0) is 10.2. The Labute approximate surface area is 68.5 Å². The second-order valence-corrected chi connectivity index (χ2v) is 1.76. The van der Waals surface area contributed by atoms with Crippen LogP contribution in [0.2, 0.25) is 0 Å². The average Bonchev–Trinajstić information content (AvgIpc) is 1.86. The highest BCUT2D eigenvalue weighted by Crippen LogP contribution is 2.34. The van der Waals surface area contributed by atoms with E-state index in [1.807, 2.05) is 0 Å². The monoisotopic (exact) mass is 207 g/mol. The van der Waals surface area contributed by atoms with Crippen molar-refractivity contribution in [2.24, 2.45) is 0 Å². The van der Waals surface area contributed by atoms with Crippen molar-refractivity contribution in [3.63, 3.8) is 0 Å². The SMILES string of the molecule is N.O=C(O)C(F)(F)C(F)(F)C(=O)O. The highest BCUT2D eigenvalue weighted by atomic mass is 19.3. The van der Waals surface area contributed by atoms with Gasteiger partial charge in [-0.05, 0) is 0 Å². The fourth-order valence-electron chi connectivity index (χ4n) is 0.269. The third-order valence-corrected chi connectivity index (χ3v) is 0.932. The van der Waals surface area contributed by atoms with Crippen molar-refractivity contribution in [3.8, 4) is 0 Å². The largest absolute Gasteiger partial charge is 0.477 e. The zero-order valence-corrected chi connectivity index (χ0v) is 5.93. The van der Waals surface area contributed by atoms with Crippen molar-refractivity contribution < 1.29 is 37.4 Å². The zero-order valence-electron chi connectivity index (χ0n) is 5.93. The summed E-state index contributed by atoms with van der Waals surface area (Å²) in [6.07, 6.45) is 0. The Bertz CT molecular complexity index is 204. The number of carboxylic acids is 2. The van der Waals surface area contributed by atoms with Gasteiger partial charge in [-0.25, -0.2) is 9.59 Å². The third-order valence-electron chi connectivity index (χ3n) is 0.932. The van der Waals surface area contributed by atoms with Gasteiger partial charge in [0, 0.05) is 0 Å². The lowest BCUT2D eigenvalue weighted by Crippen LogP contribution is -2.52. The molecular formula is C4H5F4NO4. The Balaban J connectivity index is 0. The van der Waals surface area contributed by atoms with Crippen LogP contribution in [0.3, 0.4) is 0 Å². The molecule has 0 amide bonds. The molecule has 13 heavy (non-hydrogen) atoms. The first-order valence-electron chi connectivity index (χ1n) is 2.36. The lowest BCUT2D eigenvalue weighted by Gasteiger charge is -2.17. The van der Waals surface area contributed by atoms with E-state index in [0.29, 0.717) is 0 Å². The van der Waals surface area contributed by atoms with Gasteiger partial charge in [-0.15, -0.1) is 0 Å². The first kappa shape index (κ1) is 14.2. The van der Waals surface area contributed by atoms with Crippen molar-refractivity contribution in [1.82, 2.24) is 6.15 Å². The molecule has 0 aliphatic rings. The molecule has 0 rings (SSSR count). The smallest absolute Gasteiger partial charge is 0.415 e. The molecule has 0 spiro atoms. The number of alkyl halides is 4. The van der Waals surface area contributed by atoms with Crippen LogP contribution in [0.1, 0.15) is 0 Å². The van der Waals surface area contributed by atoms with Crippen LogP contribution >= 0.6 is 0 Å². The Kier molecular flexibility index (Phi) is 3.88. The van der Waals surface area contributed by atoms with Crippen LogP contribution in [-0.4, -0.2) is 34.0 Å². The van der Waals surface area contributed by atoms with Gasteiger partial charge in [0.15, 0.2) is 0 Å². The molecule has 0 aromatic rings. The minimum absolute atomic E-state index is 0. The molecule has 0 saturated carbocycles. The minimum Gasteiger partial charge on any atom is -0.477 e. The molecule has 0 atom stereocenters. The van der Waals surface area contributed by atoms with Crippen molar-refractivity contribution in [2.45, 2.75) is 11.8 Å². The summed E-state index contributed by atoms with van der Waals surface area (Å²) in [5, 5.41) is 15.1. The molecule has 9 heteroatoms. The molecule has 5 N–H and O–H groups in total. The number of hydrogen-bond acceptors (Lipinski definition) is 3. The summed E-state index contributed by atoms with van der Waals surface area (Å²) >= 11 is 0. The fourth-order valence-corrected chi connectivity index (χ4v) is 0.269. The number of aliphatic carboxylic acids is 2. The maximum absolute atomic E-state index is 11.8. The lowest BCUT2D eigenvalue weighted by atomic mass is 10.2. The molecule has 0 unspecified atom stereocenters. The molecule has 0 radical (unpaired) electrons. The van der Waals surface area contributed by atoms with Crippen molar-refractivity contribution in [2.75, 3.05) is 0 Å². The topological polar surface area (TPSA) is 110 Å². The van der Waals surface area contributed by atoms with Crippen molar-refractivity contribution >= 4 is 11.9 Å². The second-order valence-electron chi connectivity index (χ2n) is 1.76. The first-order chi connectivity index (χ1) is 5.14. The molecule has 78 valence electrons. The Morgan fingerprint density at radius 1 is 0.846 bits per heavy atom. The fraction of sp³-hybridized carbons (Fsp3) is 0.500. The summed E-state index contributed by atoms with van der Waals surface area (Å²) in [7, 11) is 0. The lowest BCUT2D eigenvalue weighted by molar-refractivity contribution is -0.231. The summed E-state index contributed by atoms with van der Waals surface area (Å²) in [5.41, 5.74) is 0. The Morgan fingerprint density at radius 3 is 1.08 bits per heavy atom. The van der Waals surface area contributed by atoms with Crippen LogP contribution in [0.15, 0.2) is 0 Å². The molecule has 0 fully saturated rings. The predicted molar refractivity (Wildman–Crippen MR) is 30.2 cm³/mol. The second kappa shape index (κ2) is 3.56. The molecule has 5 nitrogen and oxygen atoms in total. The highest BCUT2D eigenvalue weighted by Gasteiger charge is 2.68. The van der Waals surface area contributed by atoms with Gasteiger partial charge >= 0.3 is 23.8 Å². The highest BCUT2D eigenvalue weighted by molar-refractivity contribution is 5.88. The summed E-state index contributed by atoms with van der Waals surface area (Å²) in [4.78, 5) is 19.0. The van der Waals surface area contributed by atoms with E-state index in [-0.39, 0.29) is 6.15 Å². The van der Waals surface area contributed by atoms with Crippen molar-refractivity contribution in [3.05, 3.63) is 0 Å². The summed E-state index contributed by atoms with van der Waals surface area (Å²) in [6.45, 7) is 0. The summed E-state index contributed by atoms with van der Waals surface area (Å²) in [6, 6.07) is 0. The normalized spacial score (nSPS) is 11.7. The van der Waals surface area contributed by atoms with Crippen LogP contribution in [0.5, 0.6) is 0 Å². The van der Waals surface area contributed by atoms with Gasteiger partial charge in [0.05, 0.1) is 0 Å². The van der Waals surface area contributed by atoms with E-state index in [4.69, 9.17) is 10.2 Å². The van der Waals surface area contributed by atoms with Gasteiger partial charge in [-0.1, -0.05) is 0 Å². The molecule has 0 aromatic heterocycles. The number of carboxylic acid groups (broad SMARTS) is 2. The van der Waals surface area contributed by atoms with E-state index in [1.54, 1.807) is 0 Å². The quantitative estimate of drug-likeness (QED) is 0.586. The molecule has 0 aliphatic carbocycles. The molecule has 0 aliphatic heterocycles. The van der Waals surface area contributed by atoms with Crippen LogP contribution in [0, 0.1) is 0 Å². The van der Waals surface area contributed by atoms with E-state index < -0.39 is 23.8 Å². The van der Waals surface area contributed by atoms with E-state index in [9.17, 15) is 27.2 Å². The van der Waals surface area contributed by atoms with Gasteiger partial charge in [0.25, 0.3) is 0 Å². The van der Waals surface area contributed by atoms with Gasteiger partial charge < -0.3 is 16.4 Å². The van der Waals surface area contributed by atoms with Gasteiger partial charge in [0.2, 0.25) is 0 Å². The Hall–Kier alpha value is -1.38. The molecule has 0 bridgehead atoms. The van der Waals surface area contributed by atoms with Crippen LogP contribution < -0.4 is 6.15 Å². The number of hydrogen-bond donors (Lipinski definition) is 3. The molecule has 0 saturated heterocycles. The molecule has 0 aromatic carbocycles. The average molecular weight is 207 g/mol. The van der Waals surface area contributed by atoms with Crippen LogP contribution in [0.4, 0.5) is 17.6 Å². The standard InChI is InChI=1S/C4H2F4O4.H3N/c5-3(6,1(9)10)4(7,8)2(11)12;/h(H,9,10)(H,11,12);1H3. The predicted octanol–water partition coefficient (Wildman–Crippen LogP) is 0.588. The van der Waals surface area contributed by atoms with Crippen LogP contribution in [-0.2, 0) is 9.59 Å². The van der Waals surface area contributed by atoms with E-state index in [1.165, 1.54) is 0 Å².